The number of benzene rings is 2. The third kappa shape index (κ3) is 8.05. The van der Waals surface area contributed by atoms with Crippen LogP contribution in [0.1, 0.15) is 100 Å². The van der Waals surface area contributed by atoms with Crippen molar-refractivity contribution in [3.8, 4) is 0 Å². The molecule has 3 aliphatic heterocycles. The molecule has 4 aliphatic rings. The van der Waals surface area contributed by atoms with Gasteiger partial charge in [0, 0.05) is 44.0 Å². The topological polar surface area (TPSA) is 102 Å². The van der Waals surface area contributed by atoms with E-state index in [9.17, 15) is 19.2 Å². The number of carbonyl (C=O) groups excluding carboxylic acids is 4. The Morgan fingerprint density at radius 1 is 0.857 bits per heavy atom. The summed E-state index contributed by atoms with van der Waals surface area (Å²) >= 11 is 0. The maximum atomic E-state index is 14.3. The van der Waals surface area contributed by atoms with Gasteiger partial charge in [0.25, 0.3) is 11.8 Å². The van der Waals surface area contributed by atoms with Gasteiger partial charge in [0.05, 0.1) is 6.67 Å². The third-order valence-corrected chi connectivity index (χ3v) is 10.8. The molecular weight excluding hydrogens is 618 g/mol. The monoisotopic (exact) mass is 671 g/mol. The number of nitrogens with one attached hydrogen (secondary N) is 1. The summed E-state index contributed by atoms with van der Waals surface area (Å²) in [6, 6.07) is 18.1. The third-order valence-electron chi connectivity index (χ3n) is 10.8. The predicted octanol–water partition coefficient (Wildman–Crippen LogP) is 5.78. The van der Waals surface area contributed by atoms with Crippen molar-refractivity contribution in [1.82, 2.24) is 20.0 Å². The minimum atomic E-state index is -0.814. The van der Waals surface area contributed by atoms with Crippen molar-refractivity contribution in [3.05, 3.63) is 65.7 Å². The molecule has 49 heavy (non-hydrogen) atoms. The molecule has 1 spiro atoms. The highest BCUT2D eigenvalue weighted by atomic mass is 16.6. The summed E-state index contributed by atoms with van der Waals surface area (Å²) in [5, 5.41) is 2.85. The summed E-state index contributed by atoms with van der Waals surface area (Å²) in [6.07, 6.45) is 8.61. The average molecular weight is 672 g/mol. The van der Waals surface area contributed by atoms with Crippen molar-refractivity contribution in [2.45, 2.75) is 95.6 Å². The van der Waals surface area contributed by atoms with E-state index in [1.807, 2.05) is 73.0 Å². The van der Waals surface area contributed by atoms with Gasteiger partial charge in [0.1, 0.15) is 17.7 Å². The number of hydrogen-bond donors (Lipinski definition) is 1. The van der Waals surface area contributed by atoms with E-state index in [-0.39, 0.29) is 30.2 Å². The van der Waals surface area contributed by atoms with E-state index in [4.69, 9.17) is 4.74 Å². The van der Waals surface area contributed by atoms with Crippen LogP contribution in [0, 0.1) is 5.92 Å². The number of piperidine rings is 2. The van der Waals surface area contributed by atoms with Crippen molar-refractivity contribution < 1.29 is 23.9 Å². The lowest BCUT2D eigenvalue weighted by atomic mass is 9.83. The van der Waals surface area contributed by atoms with E-state index in [0.717, 1.165) is 18.5 Å². The summed E-state index contributed by atoms with van der Waals surface area (Å²) in [4.78, 5) is 61.3. The molecule has 3 saturated heterocycles. The molecule has 1 N–H and O–H groups in total. The van der Waals surface area contributed by atoms with Gasteiger partial charge >= 0.3 is 6.09 Å². The smallest absolute Gasteiger partial charge is 0.407 e. The number of nitrogens with zero attached hydrogens (tertiary/aromatic N) is 4. The number of alkyl carbamates (subject to hydrolysis) is 1. The van der Waals surface area contributed by atoms with Crippen LogP contribution >= 0.6 is 0 Å². The first-order valence-corrected chi connectivity index (χ1v) is 18.3. The maximum absolute atomic E-state index is 14.3. The normalized spacial score (nSPS) is 21.6. The van der Waals surface area contributed by atoms with Crippen LogP contribution in [0.15, 0.2) is 54.6 Å². The second-order valence-electron chi connectivity index (χ2n) is 15.4. The van der Waals surface area contributed by atoms with Crippen LogP contribution in [-0.4, -0.2) is 95.6 Å². The molecule has 3 heterocycles. The summed E-state index contributed by atoms with van der Waals surface area (Å²) in [6.45, 7) is 8.36. The molecule has 264 valence electrons. The number of hydrogen-bond acceptors (Lipinski definition) is 6. The van der Waals surface area contributed by atoms with E-state index in [1.54, 1.807) is 4.90 Å². The number of para-hydroxylation sites is 1. The second kappa shape index (κ2) is 14.8. The fourth-order valence-corrected chi connectivity index (χ4v) is 8.18. The van der Waals surface area contributed by atoms with Gasteiger partial charge in [-0.3, -0.25) is 14.4 Å². The van der Waals surface area contributed by atoms with Gasteiger partial charge < -0.3 is 29.7 Å². The van der Waals surface area contributed by atoms with Crippen molar-refractivity contribution in [2.24, 2.45) is 5.92 Å². The van der Waals surface area contributed by atoms with E-state index < -0.39 is 17.2 Å². The molecule has 1 aliphatic carbocycles. The molecule has 0 aromatic heterocycles. The fourth-order valence-electron chi connectivity index (χ4n) is 8.18. The summed E-state index contributed by atoms with van der Waals surface area (Å²) < 4.78 is 5.37. The van der Waals surface area contributed by atoms with Crippen molar-refractivity contribution in [1.29, 1.82) is 0 Å². The molecule has 4 amide bonds. The lowest BCUT2D eigenvalue weighted by Crippen LogP contribution is -2.57. The largest absolute Gasteiger partial charge is 0.444 e. The molecule has 2 aromatic carbocycles. The molecule has 0 bridgehead atoms. The maximum Gasteiger partial charge on any atom is 0.407 e. The molecule has 1 atom stereocenters. The zero-order valence-corrected chi connectivity index (χ0v) is 29.5. The Morgan fingerprint density at radius 2 is 1.55 bits per heavy atom. The first-order chi connectivity index (χ1) is 23.5. The van der Waals surface area contributed by atoms with Gasteiger partial charge in [-0.05, 0) is 101 Å². The molecule has 2 aromatic rings. The van der Waals surface area contributed by atoms with Crippen LogP contribution in [0.3, 0.4) is 0 Å². The zero-order valence-electron chi connectivity index (χ0n) is 29.5. The van der Waals surface area contributed by atoms with Crippen LogP contribution in [0.2, 0.25) is 0 Å². The second-order valence-corrected chi connectivity index (χ2v) is 15.4. The van der Waals surface area contributed by atoms with Crippen LogP contribution in [0.5, 0.6) is 0 Å². The van der Waals surface area contributed by atoms with E-state index >= 15 is 0 Å². The molecular formula is C39H53N5O5. The Hall–Kier alpha value is -4.08. The molecule has 1 saturated carbocycles. The van der Waals surface area contributed by atoms with E-state index in [2.05, 4.69) is 22.3 Å². The molecule has 10 heteroatoms. The molecule has 0 radical (unpaired) electrons. The van der Waals surface area contributed by atoms with E-state index in [1.165, 1.54) is 37.7 Å². The number of rotatable bonds is 7. The standard InChI is InChI=1S/C39H53N5O5/c1-38(2,3)49-37(48)40-25-29-11-10-22-42(26-29)34(45)27-43-28-44(33-14-8-5-9-15-33)39(36(43)47)20-23-41(24-21-39)35(46)32-18-16-31(17-19-32)30-12-6-4-7-13-30/h5,8-9,14-19,29-30H,4,6-7,10-13,20-28H2,1-3H3,(H,40,48). The highest BCUT2D eigenvalue weighted by Crippen LogP contribution is 2.40. The van der Waals surface area contributed by atoms with Gasteiger partial charge in [0.2, 0.25) is 5.91 Å². The summed E-state index contributed by atoms with van der Waals surface area (Å²) in [5.74, 6) is 0.600. The summed E-state index contributed by atoms with van der Waals surface area (Å²) in [5.41, 5.74) is 1.58. The Morgan fingerprint density at radius 3 is 2.22 bits per heavy atom. The van der Waals surface area contributed by atoms with Crippen LogP contribution in [0.25, 0.3) is 0 Å². The first kappa shape index (κ1) is 34.8. The first-order valence-electron chi connectivity index (χ1n) is 18.3. The molecule has 6 rings (SSSR count). The van der Waals surface area contributed by atoms with Crippen molar-refractivity contribution in [3.63, 3.8) is 0 Å². The summed E-state index contributed by atoms with van der Waals surface area (Å²) in [7, 11) is 0. The Kier molecular flexibility index (Phi) is 10.5. The zero-order chi connectivity index (χ0) is 34.6. The Balaban J connectivity index is 1.09. The lowest BCUT2D eigenvalue weighted by molar-refractivity contribution is -0.141. The lowest BCUT2D eigenvalue weighted by Gasteiger charge is -2.43. The van der Waals surface area contributed by atoms with Gasteiger partial charge in [0.15, 0.2) is 0 Å². The molecule has 4 fully saturated rings. The number of carbonyl (C=O) groups is 4. The number of ether oxygens (including phenoxy) is 1. The highest BCUT2D eigenvalue weighted by Gasteiger charge is 2.54. The predicted molar refractivity (Wildman–Crippen MR) is 189 cm³/mol. The quantitative estimate of drug-likeness (QED) is 0.401. The van der Waals surface area contributed by atoms with Gasteiger partial charge in [-0.15, -0.1) is 0 Å². The van der Waals surface area contributed by atoms with Crippen LogP contribution in [0.4, 0.5) is 10.5 Å². The van der Waals surface area contributed by atoms with Gasteiger partial charge in [-0.25, -0.2) is 4.79 Å². The number of anilines is 1. The SMILES string of the molecule is CC(C)(C)OC(=O)NCC1CCCN(C(=O)CN2CN(c3ccccc3)C3(CCN(C(=O)c4ccc(C5CCCCC5)cc4)CC3)C2=O)C1. The van der Waals surface area contributed by atoms with Gasteiger partial charge in [-0.1, -0.05) is 49.6 Å². The van der Waals surface area contributed by atoms with E-state index in [0.29, 0.717) is 63.7 Å². The Labute approximate surface area is 291 Å². The minimum Gasteiger partial charge on any atom is -0.444 e. The molecule has 1 unspecified atom stereocenters. The fraction of sp³-hybridized carbons (Fsp3) is 0.590. The van der Waals surface area contributed by atoms with Crippen molar-refractivity contribution >= 4 is 29.5 Å². The minimum absolute atomic E-state index is 0.00607. The van der Waals surface area contributed by atoms with Crippen molar-refractivity contribution in [2.75, 3.05) is 50.8 Å². The van der Waals surface area contributed by atoms with Crippen LogP contribution < -0.4 is 10.2 Å². The number of amides is 4. The van der Waals surface area contributed by atoms with Gasteiger partial charge in [-0.2, -0.15) is 0 Å². The highest BCUT2D eigenvalue weighted by molar-refractivity contribution is 5.97. The average Bonchev–Trinajstić information content (AvgIpc) is 3.37. The van der Waals surface area contributed by atoms with Crippen LogP contribution in [-0.2, 0) is 14.3 Å². The Bertz CT molecular complexity index is 1480. The molecule has 10 nitrogen and oxygen atoms in total. The number of likely N-dealkylation sites (tertiary alicyclic amines) is 2.